The van der Waals surface area contributed by atoms with Crippen LogP contribution in [0.1, 0.15) is 24.8 Å². The second-order valence-electron chi connectivity index (χ2n) is 6.36. The minimum atomic E-state index is -0.299. The minimum Gasteiger partial charge on any atom is -0.494 e. The molecule has 2 N–H and O–H groups in total. The third-order valence-electron chi connectivity index (χ3n) is 4.35. The number of ether oxygens (including phenoxy) is 1. The summed E-state index contributed by atoms with van der Waals surface area (Å²) in [6.07, 6.45) is 0.218. The van der Waals surface area contributed by atoms with Crippen LogP contribution in [-0.4, -0.2) is 24.2 Å². The Labute approximate surface area is 173 Å². The van der Waals surface area contributed by atoms with E-state index < -0.39 is 0 Å². The highest BCUT2D eigenvalue weighted by Crippen LogP contribution is 2.35. The molecule has 1 aliphatic rings. The first-order chi connectivity index (χ1) is 14.1. The summed E-state index contributed by atoms with van der Waals surface area (Å²) in [7, 11) is 0. The first-order valence-corrected chi connectivity index (χ1v) is 10.2. The average molecular weight is 407 g/mol. The number of nitriles is 1. The van der Waals surface area contributed by atoms with Crippen LogP contribution in [0, 0.1) is 11.3 Å². The number of anilines is 1. The summed E-state index contributed by atoms with van der Waals surface area (Å²) >= 11 is 1.16. The second kappa shape index (κ2) is 9.80. The zero-order chi connectivity index (χ0) is 20.6. The summed E-state index contributed by atoms with van der Waals surface area (Å²) in [5.74, 6) is 0.134. The maximum Gasteiger partial charge on any atom is 0.234 e. The topological polar surface area (TPSA) is 91.2 Å². The molecule has 6 nitrogen and oxygen atoms in total. The van der Waals surface area contributed by atoms with Crippen LogP contribution in [0.15, 0.2) is 65.2 Å². The Bertz CT molecular complexity index is 950. The largest absolute Gasteiger partial charge is 0.494 e. The van der Waals surface area contributed by atoms with E-state index in [2.05, 4.69) is 16.7 Å². The second-order valence-corrected chi connectivity index (χ2v) is 7.35. The van der Waals surface area contributed by atoms with Crippen molar-refractivity contribution in [1.82, 2.24) is 5.32 Å². The molecule has 0 unspecified atom stereocenters. The highest BCUT2D eigenvalue weighted by atomic mass is 32.2. The SMILES string of the molecule is CCOc1ccc(NC(=O)CSC2=C(C#N)[C@H](c3ccccc3)CC(=O)N2)cc1. The quantitative estimate of drug-likeness (QED) is 0.729. The van der Waals surface area contributed by atoms with Gasteiger partial charge in [0.05, 0.1) is 29.0 Å². The lowest BCUT2D eigenvalue weighted by Gasteiger charge is -2.25. The molecule has 29 heavy (non-hydrogen) atoms. The summed E-state index contributed by atoms with van der Waals surface area (Å²) in [5, 5.41) is 15.7. The van der Waals surface area contributed by atoms with Gasteiger partial charge < -0.3 is 15.4 Å². The zero-order valence-corrected chi connectivity index (χ0v) is 16.8. The zero-order valence-electron chi connectivity index (χ0n) is 16.0. The van der Waals surface area contributed by atoms with Crippen LogP contribution in [0.5, 0.6) is 5.75 Å². The fourth-order valence-corrected chi connectivity index (χ4v) is 3.92. The molecule has 148 valence electrons. The number of nitrogens with one attached hydrogen (secondary N) is 2. The normalized spacial score (nSPS) is 16.0. The summed E-state index contributed by atoms with van der Waals surface area (Å²) in [6, 6.07) is 18.8. The number of hydrogen-bond acceptors (Lipinski definition) is 5. The van der Waals surface area contributed by atoms with Crippen LogP contribution in [0.3, 0.4) is 0 Å². The molecular formula is C22H21N3O3S. The van der Waals surface area contributed by atoms with Gasteiger partial charge >= 0.3 is 0 Å². The summed E-state index contributed by atoms with van der Waals surface area (Å²) in [5.41, 5.74) is 2.05. The van der Waals surface area contributed by atoms with Crippen LogP contribution < -0.4 is 15.4 Å². The number of carbonyl (C=O) groups is 2. The van der Waals surface area contributed by atoms with Crippen LogP contribution >= 0.6 is 11.8 Å². The van der Waals surface area contributed by atoms with Gasteiger partial charge in [-0.05, 0) is 36.8 Å². The van der Waals surface area contributed by atoms with E-state index in [1.807, 2.05) is 37.3 Å². The van der Waals surface area contributed by atoms with Gasteiger partial charge in [0.15, 0.2) is 0 Å². The Morgan fingerprint density at radius 2 is 1.97 bits per heavy atom. The van der Waals surface area contributed by atoms with Gasteiger partial charge in [0, 0.05) is 18.0 Å². The van der Waals surface area contributed by atoms with Gasteiger partial charge in [-0.1, -0.05) is 42.1 Å². The van der Waals surface area contributed by atoms with Gasteiger partial charge in [0.2, 0.25) is 11.8 Å². The number of carbonyl (C=O) groups excluding carboxylic acids is 2. The molecule has 0 aliphatic carbocycles. The molecule has 0 bridgehead atoms. The first kappa shape index (κ1) is 20.5. The van der Waals surface area contributed by atoms with Crippen LogP contribution in [0.2, 0.25) is 0 Å². The molecule has 7 heteroatoms. The van der Waals surface area contributed by atoms with E-state index in [1.54, 1.807) is 24.3 Å². The molecule has 0 fully saturated rings. The summed E-state index contributed by atoms with van der Waals surface area (Å²) in [4.78, 5) is 24.5. The van der Waals surface area contributed by atoms with E-state index in [0.717, 1.165) is 23.1 Å². The maximum atomic E-state index is 12.3. The van der Waals surface area contributed by atoms with Crippen molar-refractivity contribution >= 4 is 29.3 Å². The maximum absolute atomic E-state index is 12.3. The number of hydrogen-bond donors (Lipinski definition) is 2. The number of rotatable bonds is 7. The van der Waals surface area contributed by atoms with Crippen LogP contribution in [0.25, 0.3) is 0 Å². The molecule has 1 aliphatic heterocycles. The predicted octanol–water partition coefficient (Wildman–Crippen LogP) is 3.80. The van der Waals surface area contributed by atoms with Crippen molar-refractivity contribution in [3.63, 3.8) is 0 Å². The number of amides is 2. The van der Waals surface area contributed by atoms with Gasteiger partial charge in [-0.3, -0.25) is 9.59 Å². The van der Waals surface area contributed by atoms with Crippen molar-refractivity contribution in [2.75, 3.05) is 17.7 Å². The third kappa shape index (κ3) is 5.39. The van der Waals surface area contributed by atoms with Crippen molar-refractivity contribution in [3.05, 3.63) is 70.8 Å². The Kier molecular flexibility index (Phi) is 6.93. The lowest BCUT2D eigenvalue weighted by atomic mass is 9.87. The Hall–Kier alpha value is -3.24. The number of benzene rings is 2. The van der Waals surface area contributed by atoms with Gasteiger partial charge in [0.25, 0.3) is 0 Å². The molecule has 2 aromatic carbocycles. The van der Waals surface area contributed by atoms with Crippen LogP contribution in [-0.2, 0) is 9.59 Å². The molecular weight excluding hydrogens is 386 g/mol. The average Bonchev–Trinajstić information content (AvgIpc) is 2.74. The molecule has 0 saturated heterocycles. The highest BCUT2D eigenvalue weighted by Gasteiger charge is 2.29. The van der Waals surface area contributed by atoms with Gasteiger partial charge in [0.1, 0.15) is 5.75 Å². The smallest absolute Gasteiger partial charge is 0.234 e. The van der Waals surface area contributed by atoms with E-state index in [4.69, 9.17) is 4.74 Å². The standard InChI is InChI=1S/C22H21N3O3S/c1-2-28-17-10-8-16(9-11-17)24-21(27)14-29-22-19(13-23)18(12-20(26)25-22)15-6-4-3-5-7-15/h3-11,18H,2,12,14H2,1H3,(H,24,27)(H,25,26)/t18-/m0/s1. The van der Waals surface area contributed by atoms with Gasteiger partial charge in [-0.25, -0.2) is 0 Å². The van der Waals surface area contributed by atoms with E-state index in [1.165, 1.54) is 0 Å². The molecule has 1 atom stereocenters. The van der Waals surface area contributed by atoms with E-state index in [-0.39, 0.29) is 29.9 Å². The van der Waals surface area contributed by atoms with E-state index >= 15 is 0 Å². The van der Waals surface area contributed by atoms with E-state index in [9.17, 15) is 14.9 Å². The fraction of sp³-hybridized carbons (Fsp3) is 0.227. The molecule has 2 amide bonds. The lowest BCUT2D eigenvalue weighted by Crippen LogP contribution is -2.31. The molecule has 1 heterocycles. The molecule has 0 spiro atoms. The molecule has 0 saturated carbocycles. The highest BCUT2D eigenvalue weighted by molar-refractivity contribution is 8.03. The lowest BCUT2D eigenvalue weighted by molar-refractivity contribution is -0.121. The predicted molar refractivity (Wildman–Crippen MR) is 113 cm³/mol. The molecule has 2 aromatic rings. The van der Waals surface area contributed by atoms with Crippen molar-refractivity contribution in [2.24, 2.45) is 0 Å². The number of allylic oxidation sites excluding steroid dienone is 1. The third-order valence-corrected chi connectivity index (χ3v) is 5.37. The number of nitrogens with zero attached hydrogens (tertiary/aromatic N) is 1. The van der Waals surface area contributed by atoms with E-state index in [0.29, 0.717) is 22.9 Å². The van der Waals surface area contributed by atoms with Crippen molar-refractivity contribution < 1.29 is 14.3 Å². The van der Waals surface area contributed by atoms with Crippen LogP contribution in [0.4, 0.5) is 5.69 Å². The monoisotopic (exact) mass is 407 g/mol. The Morgan fingerprint density at radius 1 is 1.24 bits per heavy atom. The molecule has 3 rings (SSSR count). The molecule has 0 radical (unpaired) electrons. The molecule has 0 aromatic heterocycles. The minimum absolute atomic E-state index is 0.0789. The fourth-order valence-electron chi connectivity index (χ4n) is 3.04. The van der Waals surface area contributed by atoms with Gasteiger partial charge in [-0.15, -0.1) is 0 Å². The van der Waals surface area contributed by atoms with Gasteiger partial charge in [-0.2, -0.15) is 5.26 Å². The Balaban J connectivity index is 1.67. The summed E-state index contributed by atoms with van der Waals surface area (Å²) < 4.78 is 5.38. The Morgan fingerprint density at radius 3 is 2.62 bits per heavy atom. The summed E-state index contributed by atoms with van der Waals surface area (Å²) in [6.45, 7) is 2.48. The van der Waals surface area contributed by atoms with Crippen molar-refractivity contribution in [1.29, 1.82) is 5.26 Å². The first-order valence-electron chi connectivity index (χ1n) is 9.25. The van der Waals surface area contributed by atoms with Crippen molar-refractivity contribution in [2.45, 2.75) is 19.3 Å². The van der Waals surface area contributed by atoms with Crippen molar-refractivity contribution in [3.8, 4) is 11.8 Å². The number of thioether (sulfide) groups is 1.